The van der Waals surface area contributed by atoms with E-state index in [-0.39, 0.29) is 11.3 Å². The van der Waals surface area contributed by atoms with Gasteiger partial charge in [-0.25, -0.2) is 5.06 Å². The normalized spacial score (nSPS) is 19.6. The van der Waals surface area contributed by atoms with Gasteiger partial charge in [-0.3, -0.25) is 9.63 Å². The molecule has 1 aliphatic rings. The molecule has 0 radical (unpaired) electrons. The lowest BCUT2D eigenvalue weighted by molar-refractivity contribution is -0.165. The fourth-order valence-electron chi connectivity index (χ4n) is 1.56. The summed E-state index contributed by atoms with van der Waals surface area (Å²) in [5.41, 5.74) is 0.706. The second kappa shape index (κ2) is 3.66. The zero-order valence-corrected chi connectivity index (χ0v) is 9.06. The molecule has 3 heteroatoms. The van der Waals surface area contributed by atoms with Crippen LogP contribution in [0.25, 0.3) is 0 Å². The molecule has 1 aromatic carbocycles. The van der Waals surface area contributed by atoms with Crippen molar-refractivity contribution in [3.63, 3.8) is 0 Å². The van der Waals surface area contributed by atoms with Crippen LogP contribution < -0.4 is 0 Å². The first kappa shape index (κ1) is 10.2. The first-order valence-corrected chi connectivity index (χ1v) is 5.08. The average Bonchev–Trinajstić information content (AvgIpc) is 2.47. The Hall–Kier alpha value is -1.35. The minimum atomic E-state index is -0.380. The zero-order valence-electron chi connectivity index (χ0n) is 9.06. The van der Waals surface area contributed by atoms with E-state index in [0.717, 1.165) is 5.56 Å². The van der Waals surface area contributed by atoms with Crippen molar-refractivity contribution < 1.29 is 9.63 Å². The number of benzene rings is 1. The van der Waals surface area contributed by atoms with E-state index in [0.29, 0.717) is 13.2 Å². The van der Waals surface area contributed by atoms with Crippen LogP contribution in [0, 0.1) is 5.41 Å². The van der Waals surface area contributed by atoms with Crippen molar-refractivity contribution >= 4 is 5.91 Å². The standard InChI is InChI=1S/C12H15NO2/c1-12(2)9-15-13(11(12)14)8-10-6-4-3-5-7-10/h3-7H,8-9H2,1-2H3. The molecule has 1 amide bonds. The number of hydroxylamine groups is 2. The number of carbonyl (C=O) groups excluding carboxylic acids is 1. The quantitative estimate of drug-likeness (QED) is 0.739. The Kier molecular flexibility index (Phi) is 2.49. The first-order chi connectivity index (χ1) is 7.09. The van der Waals surface area contributed by atoms with E-state index in [1.165, 1.54) is 5.06 Å². The van der Waals surface area contributed by atoms with E-state index >= 15 is 0 Å². The fraction of sp³-hybridized carbons (Fsp3) is 0.417. The number of nitrogens with zero attached hydrogens (tertiary/aromatic N) is 1. The SMILES string of the molecule is CC1(C)CON(Cc2ccccc2)C1=O. The Morgan fingerprint density at radius 3 is 2.53 bits per heavy atom. The maximum Gasteiger partial charge on any atom is 0.254 e. The summed E-state index contributed by atoms with van der Waals surface area (Å²) >= 11 is 0. The van der Waals surface area contributed by atoms with Crippen LogP contribution >= 0.6 is 0 Å². The molecule has 3 nitrogen and oxygen atoms in total. The monoisotopic (exact) mass is 205 g/mol. The van der Waals surface area contributed by atoms with Gasteiger partial charge in [0.15, 0.2) is 0 Å². The Labute approximate surface area is 89.6 Å². The predicted molar refractivity (Wildman–Crippen MR) is 56.7 cm³/mol. The van der Waals surface area contributed by atoms with Crippen LogP contribution in [-0.2, 0) is 16.2 Å². The summed E-state index contributed by atoms with van der Waals surface area (Å²) in [4.78, 5) is 17.2. The molecule has 1 saturated heterocycles. The van der Waals surface area contributed by atoms with Crippen LogP contribution in [-0.4, -0.2) is 17.6 Å². The Bertz CT molecular complexity index is 359. The summed E-state index contributed by atoms with van der Waals surface area (Å²) in [6.07, 6.45) is 0. The minimum Gasteiger partial charge on any atom is -0.272 e. The lowest BCUT2D eigenvalue weighted by Crippen LogP contribution is -2.30. The Morgan fingerprint density at radius 2 is 2.00 bits per heavy atom. The molecule has 0 bridgehead atoms. The summed E-state index contributed by atoms with van der Waals surface area (Å²) in [5.74, 6) is 0.0614. The molecular formula is C12H15NO2. The van der Waals surface area contributed by atoms with Gasteiger partial charge in [0, 0.05) is 0 Å². The van der Waals surface area contributed by atoms with E-state index in [4.69, 9.17) is 4.84 Å². The molecule has 0 unspecified atom stereocenters. The van der Waals surface area contributed by atoms with Crippen molar-refractivity contribution in [3.8, 4) is 0 Å². The highest BCUT2D eigenvalue weighted by Gasteiger charge is 2.40. The van der Waals surface area contributed by atoms with Gasteiger partial charge in [0.25, 0.3) is 5.91 Å². The van der Waals surface area contributed by atoms with Gasteiger partial charge < -0.3 is 0 Å². The zero-order chi connectivity index (χ0) is 10.9. The lowest BCUT2D eigenvalue weighted by atomic mass is 9.95. The van der Waals surface area contributed by atoms with Crippen molar-refractivity contribution in [2.24, 2.45) is 5.41 Å². The predicted octanol–water partition coefficient (Wildman–Crippen LogP) is 1.99. The number of hydrogen-bond acceptors (Lipinski definition) is 2. The molecule has 15 heavy (non-hydrogen) atoms. The topological polar surface area (TPSA) is 29.5 Å². The molecule has 0 aromatic heterocycles. The van der Waals surface area contributed by atoms with Crippen molar-refractivity contribution in [2.45, 2.75) is 20.4 Å². The maximum absolute atomic E-state index is 11.8. The van der Waals surface area contributed by atoms with Gasteiger partial charge in [-0.2, -0.15) is 0 Å². The summed E-state index contributed by atoms with van der Waals surface area (Å²) in [6.45, 7) is 4.81. The fourth-order valence-corrected chi connectivity index (χ4v) is 1.56. The smallest absolute Gasteiger partial charge is 0.254 e. The summed E-state index contributed by atoms with van der Waals surface area (Å²) < 4.78 is 0. The number of rotatable bonds is 2. The molecule has 0 N–H and O–H groups in total. The van der Waals surface area contributed by atoms with E-state index in [9.17, 15) is 4.79 Å². The van der Waals surface area contributed by atoms with Crippen LogP contribution in [0.15, 0.2) is 30.3 Å². The molecule has 0 saturated carbocycles. The van der Waals surface area contributed by atoms with E-state index in [1.54, 1.807) is 0 Å². The van der Waals surface area contributed by atoms with Crippen LogP contribution in [0.4, 0.5) is 0 Å². The molecule has 0 atom stereocenters. The van der Waals surface area contributed by atoms with Crippen LogP contribution in [0.1, 0.15) is 19.4 Å². The molecule has 80 valence electrons. The third-order valence-corrected chi connectivity index (χ3v) is 2.56. The van der Waals surface area contributed by atoms with Gasteiger partial charge in [-0.05, 0) is 19.4 Å². The Balaban J connectivity index is 2.06. The van der Waals surface area contributed by atoms with Gasteiger partial charge in [-0.1, -0.05) is 30.3 Å². The third kappa shape index (κ3) is 2.02. The molecule has 2 rings (SSSR count). The van der Waals surface area contributed by atoms with Gasteiger partial charge in [0.2, 0.25) is 0 Å². The maximum atomic E-state index is 11.8. The molecule has 1 fully saturated rings. The van der Waals surface area contributed by atoms with Crippen molar-refractivity contribution in [1.82, 2.24) is 5.06 Å². The largest absolute Gasteiger partial charge is 0.272 e. The third-order valence-electron chi connectivity index (χ3n) is 2.56. The van der Waals surface area contributed by atoms with Gasteiger partial charge in [0.1, 0.15) is 0 Å². The molecular weight excluding hydrogens is 190 g/mol. The van der Waals surface area contributed by atoms with Crippen molar-refractivity contribution in [2.75, 3.05) is 6.61 Å². The molecule has 0 spiro atoms. The lowest BCUT2D eigenvalue weighted by Gasteiger charge is -2.16. The minimum absolute atomic E-state index is 0.0614. The van der Waals surface area contributed by atoms with Crippen LogP contribution in [0.2, 0.25) is 0 Å². The second-order valence-electron chi connectivity index (χ2n) is 4.48. The molecule has 1 aliphatic heterocycles. The summed E-state index contributed by atoms with van der Waals surface area (Å²) in [6, 6.07) is 9.85. The van der Waals surface area contributed by atoms with Crippen molar-refractivity contribution in [3.05, 3.63) is 35.9 Å². The van der Waals surface area contributed by atoms with E-state index < -0.39 is 0 Å². The molecule has 0 aliphatic carbocycles. The highest BCUT2D eigenvalue weighted by molar-refractivity contribution is 5.82. The van der Waals surface area contributed by atoms with Crippen LogP contribution in [0.3, 0.4) is 0 Å². The molecule has 1 heterocycles. The summed E-state index contributed by atoms with van der Waals surface area (Å²) in [5, 5.41) is 1.45. The number of amides is 1. The van der Waals surface area contributed by atoms with E-state index in [1.807, 2.05) is 44.2 Å². The highest BCUT2D eigenvalue weighted by atomic mass is 16.7. The highest BCUT2D eigenvalue weighted by Crippen LogP contribution is 2.27. The number of hydrogen-bond donors (Lipinski definition) is 0. The van der Waals surface area contributed by atoms with Gasteiger partial charge >= 0.3 is 0 Å². The van der Waals surface area contributed by atoms with Crippen molar-refractivity contribution in [1.29, 1.82) is 0 Å². The first-order valence-electron chi connectivity index (χ1n) is 5.08. The Morgan fingerprint density at radius 1 is 1.33 bits per heavy atom. The van der Waals surface area contributed by atoms with Crippen LogP contribution in [0.5, 0.6) is 0 Å². The van der Waals surface area contributed by atoms with E-state index in [2.05, 4.69) is 0 Å². The summed E-state index contributed by atoms with van der Waals surface area (Å²) in [7, 11) is 0. The van der Waals surface area contributed by atoms with Gasteiger partial charge in [0.05, 0.1) is 18.6 Å². The van der Waals surface area contributed by atoms with Gasteiger partial charge in [-0.15, -0.1) is 0 Å². The molecule has 1 aromatic rings. The number of carbonyl (C=O) groups is 1. The second-order valence-corrected chi connectivity index (χ2v) is 4.48. The average molecular weight is 205 g/mol.